The SMILES string of the molecule is CCC[CH2][Sn]([CH2]CCC)([CH2]CCC)[c]1cc2cc(N(C)C(=O)c3ccccc3)ccc2n1C(=O)O. The van der Waals surface area contributed by atoms with Crippen molar-refractivity contribution in [2.24, 2.45) is 0 Å². The first kappa shape index (κ1) is 27.3. The van der Waals surface area contributed by atoms with Gasteiger partial charge >= 0.3 is 215 Å². The Kier molecular flexibility index (Phi) is 9.84. The van der Waals surface area contributed by atoms with E-state index in [0.29, 0.717) is 5.56 Å². The first-order valence-corrected chi connectivity index (χ1v) is 20.6. The molecule has 1 N–H and O–H groups in total. The van der Waals surface area contributed by atoms with Gasteiger partial charge in [-0.15, -0.1) is 0 Å². The number of fused-ring (bicyclic) bond motifs is 1. The molecule has 2 aromatic carbocycles. The van der Waals surface area contributed by atoms with Gasteiger partial charge in [0.1, 0.15) is 0 Å². The number of amides is 1. The molecule has 0 atom stereocenters. The fourth-order valence-corrected chi connectivity index (χ4v) is 21.6. The molecule has 0 bridgehead atoms. The molecule has 0 unspecified atom stereocenters. The molecule has 3 rings (SSSR count). The van der Waals surface area contributed by atoms with E-state index in [-0.39, 0.29) is 5.91 Å². The predicted molar refractivity (Wildman–Crippen MR) is 149 cm³/mol. The summed E-state index contributed by atoms with van der Waals surface area (Å²) in [6.07, 6.45) is 6.04. The van der Waals surface area contributed by atoms with E-state index in [0.717, 1.165) is 39.6 Å². The first-order chi connectivity index (χ1) is 16.9. The summed E-state index contributed by atoms with van der Waals surface area (Å²) in [5, 5.41) is 11.3. The molecule has 0 saturated carbocycles. The maximum atomic E-state index is 13.0. The third-order valence-corrected chi connectivity index (χ3v) is 22.6. The molecule has 188 valence electrons. The Labute approximate surface area is 214 Å². The Balaban J connectivity index is 2.12. The molecule has 35 heavy (non-hydrogen) atoms. The van der Waals surface area contributed by atoms with Crippen molar-refractivity contribution in [1.29, 1.82) is 0 Å². The van der Waals surface area contributed by atoms with Crippen molar-refractivity contribution in [2.45, 2.75) is 72.6 Å². The molecule has 1 aromatic heterocycles. The zero-order valence-electron chi connectivity index (χ0n) is 21.7. The quantitative estimate of drug-likeness (QED) is 0.225. The summed E-state index contributed by atoms with van der Waals surface area (Å²) in [5.74, 6) is -0.0785. The number of benzene rings is 2. The van der Waals surface area contributed by atoms with Gasteiger partial charge in [0.05, 0.1) is 0 Å². The molecule has 0 fully saturated rings. The second-order valence-corrected chi connectivity index (χ2v) is 22.8. The van der Waals surface area contributed by atoms with Gasteiger partial charge in [-0.05, 0) is 0 Å². The molecule has 0 aliphatic rings. The summed E-state index contributed by atoms with van der Waals surface area (Å²) < 4.78 is 6.33. The molecule has 0 spiro atoms. The Hall–Kier alpha value is -2.28. The standard InChI is InChI=1S/C17H13N2O3.3C4H9.Sn/c1-18(16(20)12-5-3-2-4-6-12)14-7-8-15-13(11-14)9-10-19(15)17(21)22;3*1-3-4-2;/h2-9,11H,1H3,(H,21,22);3*1,3-4H2,2H3;. The summed E-state index contributed by atoms with van der Waals surface area (Å²) >= 11 is -3.01. The van der Waals surface area contributed by atoms with Crippen LogP contribution >= 0.6 is 0 Å². The van der Waals surface area contributed by atoms with Crippen molar-refractivity contribution in [3.8, 4) is 0 Å². The summed E-state index contributed by atoms with van der Waals surface area (Å²) in [6.45, 7) is 6.69. The number of hydrogen-bond acceptors (Lipinski definition) is 2. The number of nitrogens with zero attached hydrogens (tertiary/aromatic N) is 2. The second kappa shape index (κ2) is 12.6. The average Bonchev–Trinajstić information content (AvgIpc) is 3.28. The number of unbranched alkanes of at least 4 members (excludes halogenated alkanes) is 3. The second-order valence-electron chi connectivity index (χ2n) is 9.71. The average molecular weight is 583 g/mol. The van der Waals surface area contributed by atoms with Crippen LogP contribution in [0, 0.1) is 0 Å². The van der Waals surface area contributed by atoms with E-state index >= 15 is 0 Å². The molecular formula is C29H40N2O3Sn. The van der Waals surface area contributed by atoms with Crippen LogP contribution in [0.5, 0.6) is 0 Å². The van der Waals surface area contributed by atoms with E-state index in [4.69, 9.17) is 0 Å². The number of rotatable bonds is 12. The van der Waals surface area contributed by atoms with Gasteiger partial charge in [0, 0.05) is 0 Å². The molecule has 1 heterocycles. The Morgan fingerprint density at radius 3 is 1.94 bits per heavy atom. The van der Waals surface area contributed by atoms with Crippen LogP contribution in [0.15, 0.2) is 54.6 Å². The van der Waals surface area contributed by atoms with E-state index in [1.54, 1.807) is 16.5 Å². The number of carboxylic acid groups (broad SMARTS) is 1. The molecule has 1 amide bonds. The molecule has 0 radical (unpaired) electrons. The molecule has 5 nitrogen and oxygen atoms in total. The van der Waals surface area contributed by atoms with Crippen LogP contribution in [-0.4, -0.2) is 47.1 Å². The van der Waals surface area contributed by atoms with Crippen LogP contribution in [0.4, 0.5) is 10.5 Å². The van der Waals surface area contributed by atoms with Gasteiger partial charge in [-0.1, -0.05) is 0 Å². The van der Waals surface area contributed by atoms with Crippen molar-refractivity contribution in [1.82, 2.24) is 4.57 Å². The zero-order chi connectivity index (χ0) is 25.4. The van der Waals surface area contributed by atoms with E-state index in [1.165, 1.54) is 32.6 Å². The summed E-state index contributed by atoms with van der Waals surface area (Å²) in [6, 6.07) is 17.1. The Morgan fingerprint density at radius 2 is 1.43 bits per heavy atom. The minimum absolute atomic E-state index is 0.0785. The van der Waals surface area contributed by atoms with Crippen LogP contribution < -0.4 is 8.61 Å². The van der Waals surface area contributed by atoms with Crippen LogP contribution in [0.1, 0.15) is 69.7 Å². The molecular weight excluding hydrogens is 543 g/mol. The van der Waals surface area contributed by atoms with Gasteiger partial charge in [-0.2, -0.15) is 0 Å². The van der Waals surface area contributed by atoms with E-state index in [2.05, 4.69) is 26.8 Å². The van der Waals surface area contributed by atoms with Crippen molar-refractivity contribution in [3.05, 3.63) is 60.2 Å². The molecule has 3 aromatic rings. The van der Waals surface area contributed by atoms with Gasteiger partial charge in [0.25, 0.3) is 0 Å². The number of hydrogen-bond donors (Lipinski definition) is 1. The van der Waals surface area contributed by atoms with Crippen molar-refractivity contribution >= 4 is 50.7 Å². The number of carbonyl (C=O) groups excluding carboxylic acids is 1. The summed E-state index contributed by atoms with van der Waals surface area (Å²) in [7, 11) is 1.78. The molecule has 0 aliphatic carbocycles. The van der Waals surface area contributed by atoms with E-state index < -0.39 is 24.5 Å². The minimum atomic E-state index is -3.01. The fourth-order valence-electron chi connectivity index (χ4n) is 5.20. The van der Waals surface area contributed by atoms with Crippen LogP contribution in [0.25, 0.3) is 10.9 Å². The Bertz CT molecular complexity index is 1120. The molecule has 0 aliphatic heterocycles. The third kappa shape index (κ3) is 6.11. The number of anilines is 1. The van der Waals surface area contributed by atoms with Crippen LogP contribution in [0.3, 0.4) is 0 Å². The van der Waals surface area contributed by atoms with Crippen LogP contribution in [0.2, 0.25) is 13.3 Å². The molecule has 0 saturated heterocycles. The van der Waals surface area contributed by atoms with Gasteiger partial charge in [-0.25, -0.2) is 0 Å². The monoisotopic (exact) mass is 584 g/mol. The van der Waals surface area contributed by atoms with Crippen LogP contribution in [-0.2, 0) is 0 Å². The summed E-state index contributed by atoms with van der Waals surface area (Å²) in [4.78, 5) is 27.3. The number of carbonyl (C=O) groups is 2. The van der Waals surface area contributed by atoms with Gasteiger partial charge < -0.3 is 0 Å². The maximum absolute atomic E-state index is 13.0. The topological polar surface area (TPSA) is 62.5 Å². The van der Waals surface area contributed by atoms with E-state index in [9.17, 15) is 14.7 Å². The fraction of sp³-hybridized carbons (Fsp3) is 0.448. The summed E-state index contributed by atoms with van der Waals surface area (Å²) in [5.41, 5.74) is 2.15. The van der Waals surface area contributed by atoms with Crippen molar-refractivity contribution in [2.75, 3.05) is 11.9 Å². The van der Waals surface area contributed by atoms with Gasteiger partial charge in [-0.3, -0.25) is 0 Å². The number of aromatic nitrogens is 1. The van der Waals surface area contributed by atoms with Crippen molar-refractivity contribution < 1.29 is 14.7 Å². The zero-order valence-corrected chi connectivity index (χ0v) is 24.6. The normalized spacial score (nSPS) is 11.7. The third-order valence-electron chi connectivity index (χ3n) is 7.26. The first-order valence-electron chi connectivity index (χ1n) is 13.1. The van der Waals surface area contributed by atoms with Gasteiger partial charge in [0.2, 0.25) is 0 Å². The van der Waals surface area contributed by atoms with Crippen molar-refractivity contribution in [3.63, 3.8) is 0 Å². The predicted octanol–water partition coefficient (Wildman–Crippen LogP) is 7.50. The molecule has 6 heteroatoms. The van der Waals surface area contributed by atoms with E-state index in [1.807, 2.05) is 48.5 Å². The Morgan fingerprint density at radius 1 is 0.857 bits per heavy atom. The van der Waals surface area contributed by atoms with Gasteiger partial charge in [0.15, 0.2) is 0 Å².